The van der Waals surface area contributed by atoms with Crippen LogP contribution < -0.4 is 10.9 Å². The molecule has 3 aromatic rings. The normalized spacial score (nSPS) is 12.8. The molecule has 0 saturated heterocycles. The minimum Gasteiger partial charge on any atom is -0.465 e. The highest BCUT2D eigenvalue weighted by molar-refractivity contribution is 7.17. The van der Waals surface area contributed by atoms with Crippen molar-refractivity contribution in [2.45, 2.75) is 19.3 Å². The molecular formula is C19H15NO5S. The van der Waals surface area contributed by atoms with Crippen LogP contribution in [-0.2, 0) is 17.6 Å². The Morgan fingerprint density at radius 3 is 2.85 bits per heavy atom. The van der Waals surface area contributed by atoms with Gasteiger partial charge in [0.25, 0.3) is 5.91 Å². The molecule has 1 N–H and O–H groups in total. The summed E-state index contributed by atoms with van der Waals surface area (Å²) in [7, 11) is 1.31. The first kappa shape index (κ1) is 16.5. The molecule has 1 amide bonds. The van der Waals surface area contributed by atoms with Gasteiger partial charge in [-0.15, -0.1) is 11.3 Å². The minimum absolute atomic E-state index is 0.104. The number of benzene rings is 1. The highest BCUT2D eigenvalue weighted by Crippen LogP contribution is 2.39. The number of ether oxygens (including phenoxy) is 1. The van der Waals surface area contributed by atoms with Gasteiger partial charge in [-0.1, -0.05) is 18.2 Å². The van der Waals surface area contributed by atoms with Crippen LogP contribution in [0.2, 0.25) is 0 Å². The zero-order valence-corrected chi connectivity index (χ0v) is 14.8. The number of para-hydroxylation sites is 1. The van der Waals surface area contributed by atoms with Crippen LogP contribution in [0.4, 0.5) is 5.00 Å². The van der Waals surface area contributed by atoms with Crippen molar-refractivity contribution >= 4 is 39.2 Å². The molecule has 0 fully saturated rings. The Labute approximate surface area is 152 Å². The molecule has 0 bridgehead atoms. The average Bonchev–Trinajstić information content (AvgIpc) is 3.21. The van der Waals surface area contributed by atoms with E-state index in [0.717, 1.165) is 29.7 Å². The van der Waals surface area contributed by atoms with Crippen LogP contribution in [0.3, 0.4) is 0 Å². The summed E-state index contributed by atoms with van der Waals surface area (Å²) in [5, 5.41) is 3.76. The number of anilines is 1. The van der Waals surface area contributed by atoms with Crippen LogP contribution in [0, 0.1) is 0 Å². The summed E-state index contributed by atoms with van der Waals surface area (Å²) < 4.78 is 10.1. The van der Waals surface area contributed by atoms with Crippen LogP contribution >= 0.6 is 11.3 Å². The third-order valence-corrected chi connectivity index (χ3v) is 5.63. The van der Waals surface area contributed by atoms with Crippen LogP contribution in [0.15, 0.2) is 39.5 Å². The van der Waals surface area contributed by atoms with Crippen molar-refractivity contribution in [2.75, 3.05) is 12.4 Å². The van der Waals surface area contributed by atoms with E-state index in [4.69, 9.17) is 9.15 Å². The Morgan fingerprint density at radius 1 is 1.23 bits per heavy atom. The monoisotopic (exact) mass is 369 g/mol. The third kappa shape index (κ3) is 2.70. The van der Waals surface area contributed by atoms with Crippen molar-refractivity contribution in [1.82, 2.24) is 0 Å². The van der Waals surface area contributed by atoms with Gasteiger partial charge in [0.05, 0.1) is 12.7 Å². The van der Waals surface area contributed by atoms with Crippen molar-refractivity contribution in [3.63, 3.8) is 0 Å². The van der Waals surface area contributed by atoms with Gasteiger partial charge in [-0.05, 0) is 37.0 Å². The number of hydrogen-bond donors (Lipinski definition) is 1. The number of thiophene rings is 1. The zero-order chi connectivity index (χ0) is 18.3. The molecule has 0 atom stereocenters. The first-order valence-electron chi connectivity index (χ1n) is 8.15. The van der Waals surface area contributed by atoms with Gasteiger partial charge in [-0.3, -0.25) is 4.79 Å². The lowest BCUT2D eigenvalue weighted by Gasteiger charge is -2.07. The third-order valence-electron chi connectivity index (χ3n) is 4.42. The molecule has 1 aromatic carbocycles. The summed E-state index contributed by atoms with van der Waals surface area (Å²) in [5.74, 6) is -1.08. The summed E-state index contributed by atoms with van der Waals surface area (Å²) in [6.07, 6.45) is 2.63. The quantitative estimate of drug-likeness (QED) is 0.565. The van der Waals surface area contributed by atoms with E-state index in [0.29, 0.717) is 21.5 Å². The predicted molar refractivity (Wildman–Crippen MR) is 98.1 cm³/mol. The lowest BCUT2D eigenvalue weighted by molar-refractivity contribution is 0.0601. The van der Waals surface area contributed by atoms with Gasteiger partial charge in [0.15, 0.2) is 0 Å². The van der Waals surface area contributed by atoms with Gasteiger partial charge in [0, 0.05) is 10.3 Å². The molecule has 132 valence electrons. The minimum atomic E-state index is -0.718. The van der Waals surface area contributed by atoms with E-state index in [1.165, 1.54) is 24.5 Å². The van der Waals surface area contributed by atoms with E-state index < -0.39 is 17.5 Å². The molecule has 0 unspecified atom stereocenters. The van der Waals surface area contributed by atoms with Crippen LogP contribution in [0.1, 0.15) is 37.6 Å². The smallest absolute Gasteiger partial charge is 0.349 e. The second kappa shape index (κ2) is 6.42. The predicted octanol–water partition coefficient (Wildman–Crippen LogP) is 3.38. The molecule has 6 nitrogen and oxygen atoms in total. The Kier molecular flexibility index (Phi) is 4.08. The van der Waals surface area contributed by atoms with Crippen molar-refractivity contribution in [1.29, 1.82) is 0 Å². The molecule has 4 rings (SSSR count). The van der Waals surface area contributed by atoms with Gasteiger partial charge in [-0.25, -0.2) is 9.59 Å². The highest BCUT2D eigenvalue weighted by Gasteiger charge is 2.28. The molecule has 26 heavy (non-hydrogen) atoms. The Hall–Kier alpha value is -2.93. The van der Waals surface area contributed by atoms with Crippen molar-refractivity contribution in [3.05, 3.63) is 62.3 Å². The molecule has 1 aliphatic carbocycles. The zero-order valence-electron chi connectivity index (χ0n) is 14.0. The van der Waals surface area contributed by atoms with Gasteiger partial charge < -0.3 is 14.5 Å². The number of carbonyl (C=O) groups excluding carboxylic acids is 2. The molecule has 0 aliphatic heterocycles. The Bertz CT molecular complexity index is 1090. The Morgan fingerprint density at radius 2 is 2.04 bits per heavy atom. The van der Waals surface area contributed by atoms with Crippen LogP contribution in [0.5, 0.6) is 0 Å². The fourth-order valence-electron chi connectivity index (χ4n) is 3.20. The molecule has 0 saturated carbocycles. The molecule has 2 aromatic heterocycles. The number of methoxy groups -OCH3 is 1. The second-order valence-corrected chi connectivity index (χ2v) is 7.10. The summed E-state index contributed by atoms with van der Waals surface area (Å²) in [4.78, 5) is 38.1. The maximum absolute atomic E-state index is 12.7. The number of nitrogens with one attached hydrogen (secondary N) is 1. The number of fused-ring (bicyclic) bond motifs is 2. The van der Waals surface area contributed by atoms with Gasteiger partial charge in [0.1, 0.15) is 16.1 Å². The number of esters is 1. The number of carbonyl (C=O) groups is 2. The SMILES string of the molecule is COC(=O)c1c(NC(=O)c2cc3ccccc3oc2=O)sc2c1CCC2. The van der Waals surface area contributed by atoms with E-state index in [2.05, 4.69) is 5.32 Å². The average molecular weight is 369 g/mol. The molecule has 1 aliphatic rings. The second-order valence-electron chi connectivity index (χ2n) is 5.99. The maximum Gasteiger partial charge on any atom is 0.349 e. The van der Waals surface area contributed by atoms with E-state index in [-0.39, 0.29) is 5.56 Å². The molecular weight excluding hydrogens is 354 g/mol. The summed E-state index contributed by atoms with van der Waals surface area (Å²) in [6.45, 7) is 0. The highest BCUT2D eigenvalue weighted by atomic mass is 32.1. The summed E-state index contributed by atoms with van der Waals surface area (Å²) >= 11 is 1.36. The maximum atomic E-state index is 12.7. The van der Waals surface area contributed by atoms with Crippen LogP contribution in [0.25, 0.3) is 11.0 Å². The van der Waals surface area contributed by atoms with E-state index in [9.17, 15) is 14.4 Å². The lowest BCUT2D eigenvalue weighted by atomic mass is 10.1. The van der Waals surface area contributed by atoms with Gasteiger partial charge >= 0.3 is 11.6 Å². The topological polar surface area (TPSA) is 85.6 Å². The van der Waals surface area contributed by atoms with E-state index in [1.54, 1.807) is 24.3 Å². The first-order chi connectivity index (χ1) is 12.6. The fourth-order valence-corrected chi connectivity index (χ4v) is 4.47. The summed E-state index contributed by atoms with van der Waals surface area (Å²) in [6, 6.07) is 8.46. The number of hydrogen-bond acceptors (Lipinski definition) is 6. The fraction of sp³-hybridized carbons (Fsp3) is 0.211. The van der Waals surface area contributed by atoms with E-state index in [1.807, 2.05) is 0 Å². The lowest BCUT2D eigenvalue weighted by Crippen LogP contribution is -2.21. The molecule has 2 heterocycles. The van der Waals surface area contributed by atoms with Crippen LogP contribution in [-0.4, -0.2) is 19.0 Å². The van der Waals surface area contributed by atoms with E-state index >= 15 is 0 Å². The largest absolute Gasteiger partial charge is 0.465 e. The van der Waals surface area contributed by atoms with Gasteiger partial charge in [-0.2, -0.15) is 0 Å². The molecule has 7 heteroatoms. The summed E-state index contributed by atoms with van der Waals surface area (Å²) in [5.41, 5.74) is 0.920. The van der Waals surface area contributed by atoms with Crippen molar-refractivity contribution in [3.8, 4) is 0 Å². The van der Waals surface area contributed by atoms with Crippen molar-refractivity contribution in [2.24, 2.45) is 0 Å². The van der Waals surface area contributed by atoms with Gasteiger partial charge in [0.2, 0.25) is 0 Å². The first-order valence-corrected chi connectivity index (χ1v) is 8.97. The molecule has 0 radical (unpaired) electrons. The van der Waals surface area contributed by atoms with Crippen molar-refractivity contribution < 1.29 is 18.7 Å². The number of amides is 1. The standard InChI is InChI=1S/C19H15NO5S/c1-24-19(23)15-11-6-4-8-14(11)26-17(15)20-16(21)12-9-10-5-2-3-7-13(10)25-18(12)22/h2-3,5,7,9H,4,6,8H2,1H3,(H,20,21). The Balaban J connectivity index is 1.72. The number of rotatable bonds is 3. The number of aryl methyl sites for hydroxylation is 1. The molecule has 0 spiro atoms.